The van der Waals surface area contributed by atoms with Crippen LogP contribution in [0.4, 0.5) is 5.13 Å². The summed E-state index contributed by atoms with van der Waals surface area (Å²) in [6.45, 7) is 4.34. The Morgan fingerprint density at radius 1 is 1.15 bits per heavy atom. The molecule has 0 unspecified atom stereocenters. The molecule has 1 aromatic heterocycles. The van der Waals surface area contributed by atoms with Crippen LogP contribution in [0.15, 0.2) is 60.0 Å². The third-order valence-electron chi connectivity index (χ3n) is 3.93. The molecule has 0 spiro atoms. The number of amides is 1. The van der Waals surface area contributed by atoms with Crippen molar-refractivity contribution in [2.75, 3.05) is 5.32 Å². The number of thiazole rings is 1. The van der Waals surface area contributed by atoms with Crippen molar-refractivity contribution >= 4 is 40.1 Å². The Kier molecular flexibility index (Phi) is 5.86. The predicted octanol–water partition coefficient (Wildman–Crippen LogP) is 6.24. The van der Waals surface area contributed by atoms with Crippen molar-refractivity contribution < 1.29 is 4.79 Å². The van der Waals surface area contributed by atoms with Gasteiger partial charge in [0.25, 0.3) is 0 Å². The number of hydrogen-bond donors (Lipinski definition) is 1. The number of hydrogen-bond acceptors (Lipinski definition) is 3. The van der Waals surface area contributed by atoms with E-state index in [0.717, 1.165) is 16.8 Å². The van der Waals surface area contributed by atoms with Crippen LogP contribution in [0.5, 0.6) is 0 Å². The van der Waals surface area contributed by atoms with Crippen LogP contribution in [0.25, 0.3) is 17.3 Å². The lowest BCUT2D eigenvalue weighted by Crippen LogP contribution is -2.07. The first-order valence-corrected chi connectivity index (χ1v) is 9.58. The van der Waals surface area contributed by atoms with E-state index >= 15 is 0 Å². The maximum absolute atomic E-state index is 12.1. The molecule has 0 radical (unpaired) electrons. The van der Waals surface area contributed by atoms with Gasteiger partial charge in [0, 0.05) is 22.0 Å². The molecule has 1 heterocycles. The summed E-state index contributed by atoms with van der Waals surface area (Å²) in [7, 11) is 0. The van der Waals surface area contributed by atoms with E-state index in [9.17, 15) is 4.79 Å². The average molecular weight is 383 g/mol. The third-order valence-corrected chi connectivity index (χ3v) is 5.03. The lowest BCUT2D eigenvalue weighted by Gasteiger charge is -2.05. The van der Waals surface area contributed by atoms with E-state index in [0.29, 0.717) is 16.1 Å². The van der Waals surface area contributed by atoms with Crippen LogP contribution in [0.3, 0.4) is 0 Å². The van der Waals surface area contributed by atoms with Gasteiger partial charge in [0.2, 0.25) is 5.91 Å². The third kappa shape index (κ3) is 4.59. The molecule has 0 aliphatic heterocycles. The smallest absolute Gasteiger partial charge is 0.250 e. The molecule has 0 bridgehead atoms. The second-order valence-electron chi connectivity index (χ2n) is 6.16. The molecule has 2 aromatic carbocycles. The van der Waals surface area contributed by atoms with Gasteiger partial charge < -0.3 is 0 Å². The zero-order chi connectivity index (χ0) is 18.5. The number of rotatable bonds is 5. The Hall–Kier alpha value is -2.43. The fourth-order valence-electron chi connectivity index (χ4n) is 2.43. The van der Waals surface area contributed by atoms with Crippen molar-refractivity contribution in [1.29, 1.82) is 0 Å². The summed E-state index contributed by atoms with van der Waals surface area (Å²) in [5.41, 5.74) is 3.99. The van der Waals surface area contributed by atoms with Gasteiger partial charge in [0.1, 0.15) is 0 Å². The van der Waals surface area contributed by atoms with Gasteiger partial charge in [-0.3, -0.25) is 10.1 Å². The first-order valence-electron chi connectivity index (χ1n) is 8.32. The summed E-state index contributed by atoms with van der Waals surface area (Å²) >= 11 is 7.48. The van der Waals surface area contributed by atoms with Crippen molar-refractivity contribution in [3.8, 4) is 11.3 Å². The SMILES string of the molecule is CC(C)c1ccc(-c2csc(NC(=O)C=Cc3ccccc3Cl)n2)cc1. The van der Waals surface area contributed by atoms with E-state index in [1.165, 1.54) is 23.0 Å². The van der Waals surface area contributed by atoms with E-state index in [-0.39, 0.29) is 5.91 Å². The zero-order valence-electron chi connectivity index (χ0n) is 14.6. The van der Waals surface area contributed by atoms with Crippen molar-refractivity contribution in [3.05, 3.63) is 76.1 Å². The molecule has 1 amide bonds. The molecule has 3 aromatic rings. The number of aromatic nitrogens is 1. The van der Waals surface area contributed by atoms with E-state index in [1.807, 2.05) is 23.6 Å². The summed E-state index contributed by atoms with van der Waals surface area (Å²) in [4.78, 5) is 16.6. The van der Waals surface area contributed by atoms with Gasteiger partial charge >= 0.3 is 0 Å². The fourth-order valence-corrected chi connectivity index (χ4v) is 3.35. The number of nitrogens with zero attached hydrogens (tertiary/aromatic N) is 1. The minimum absolute atomic E-state index is 0.235. The van der Waals surface area contributed by atoms with Crippen LogP contribution in [0, 0.1) is 0 Å². The highest BCUT2D eigenvalue weighted by Crippen LogP contribution is 2.26. The first-order chi connectivity index (χ1) is 12.5. The lowest BCUT2D eigenvalue weighted by molar-refractivity contribution is -0.111. The molecule has 3 rings (SSSR count). The van der Waals surface area contributed by atoms with Gasteiger partial charge in [-0.05, 0) is 29.2 Å². The summed E-state index contributed by atoms with van der Waals surface area (Å²) in [6, 6.07) is 15.7. The highest BCUT2D eigenvalue weighted by molar-refractivity contribution is 7.14. The highest BCUT2D eigenvalue weighted by Gasteiger charge is 2.07. The second-order valence-corrected chi connectivity index (χ2v) is 7.42. The summed E-state index contributed by atoms with van der Waals surface area (Å²) in [5.74, 6) is 0.264. The van der Waals surface area contributed by atoms with Gasteiger partial charge in [-0.1, -0.05) is 67.9 Å². The maximum atomic E-state index is 12.1. The molecular formula is C21H19ClN2OS. The molecule has 1 N–H and O–H groups in total. The van der Waals surface area contributed by atoms with Gasteiger partial charge in [0.15, 0.2) is 5.13 Å². The summed E-state index contributed by atoms with van der Waals surface area (Å²) in [5, 5.41) is 5.91. The van der Waals surface area contributed by atoms with Crippen LogP contribution in [0.1, 0.15) is 30.9 Å². The molecule has 0 aliphatic rings. The van der Waals surface area contributed by atoms with E-state index in [1.54, 1.807) is 12.1 Å². The molecular weight excluding hydrogens is 364 g/mol. The molecule has 26 heavy (non-hydrogen) atoms. The molecule has 132 valence electrons. The van der Waals surface area contributed by atoms with Crippen molar-refractivity contribution in [2.24, 2.45) is 0 Å². The van der Waals surface area contributed by atoms with Crippen molar-refractivity contribution in [2.45, 2.75) is 19.8 Å². The zero-order valence-corrected chi connectivity index (χ0v) is 16.1. The van der Waals surface area contributed by atoms with E-state index < -0.39 is 0 Å². The van der Waals surface area contributed by atoms with E-state index in [2.05, 4.69) is 48.4 Å². The standard InChI is InChI=1S/C21H19ClN2OS/c1-14(2)15-7-9-17(10-8-15)19-13-26-21(23-19)24-20(25)12-11-16-5-3-4-6-18(16)22/h3-14H,1-2H3,(H,23,24,25). The topological polar surface area (TPSA) is 42.0 Å². The number of benzene rings is 2. The van der Waals surface area contributed by atoms with Crippen molar-refractivity contribution in [1.82, 2.24) is 4.98 Å². The molecule has 0 fully saturated rings. The quantitative estimate of drug-likeness (QED) is 0.530. The average Bonchev–Trinajstić information content (AvgIpc) is 3.09. The normalized spacial score (nSPS) is 11.2. The number of nitrogens with one attached hydrogen (secondary N) is 1. The van der Waals surface area contributed by atoms with Crippen LogP contribution in [-0.4, -0.2) is 10.9 Å². The molecule has 0 saturated heterocycles. The van der Waals surface area contributed by atoms with Gasteiger partial charge in [-0.2, -0.15) is 0 Å². The Labute approximate surface area is 162 Å². The predicted molar refractivity (Wildman–Crippen MR) is 111 cm³/mol. The molecule has 3 nitrogen and oxygen atoms in total. The molecule has 0 saturated carbocycles. The maximum Gasteiger partial charge on any atom is 0.250 e. The monoisotopic (exact) mass is 382 g/mol. The van der Waals surface area contributed by atoms with E-state index in [4.69, 9.17) is 11.6 Å². The minimum atomic E-state index is -0.235. The summed E-state index contributed by atoms with van der Waals surface area (Å²) < 4.78 is 0. The Morgan fingerprint density at radius 3 is 2.58 bits per heavy atom. The number of anilines is 1. The first kappa shape index (κ1) is 18.4. The van der Waals surface area contributed by atoms with Gasteiger partial charge in [0.05, 0.1) is 5.69 Å². The Morgan fingerprint density at radius 2 is 1.88 bits per heavy atom. The molecule has 0 atom stereocenters. The number of halogens is 1. The van der Waals surface area contributed by atoms with Crippen molar-refractivity contribution in [3.63, 3.8) is 0 Å². The fraction of sp³-hybridized carbons (Fsp3) is 0.143. The van der Waals surface area contributed by atoms with Crippen LogP contribution < -0.4 is 5.32 Å². The largest absolute Gasteiger partial charge is 0.298 e. The van der Waals surface area contributed by atoms with Gasteiger partial charge in [-0.25, -0.2) is 4.98 Å². The van der Waals surface area contributed by atoms with Crippen LogP contribution in [0.2, 0.25) is 5.02 Å². The lowest BCUT2D eigenvalue weighted by atomic mass is 10.0. The number of carbonyl (C=O) groups is 1. The summed E-state index contributed by atoms with van der Waals surface area (Å²) in [6.07, 6.45) is 3.15. The molecule has 5 heteroatoms. The van der Waals surface area contributed by atoms with Crippen LogP contribution >= 0.6 is 22.9 Å². The van der Waals surface area contributed by atoms with Gasteiger partial charge in [-0.15, -0.1) is 11.3 Å². The Balaban J connectivity index is 1.66. The number of carbonyl (C=O) groups excluding carboxylic acids is 1. The molecule has 0 aliphatic carbocycles. The minimum Gasteiger partial charge on any atom is -0.298 e. The second kappa shape index (κ2) is 8.30. The van der Waals surface area contributed by atoms with Crippen LogP contribution in [-0.2, 0) is 4.79 Å². The highest BCUT2D eigenvalue weighted by atomic mass is 35.5. The Bertz CT molecular complexity index is 929.